The van der Waals surface area contributed by atoms with E-state index < -0.39 is 0 Å². The summed E-state index contributed by atoms with van der Waals surface area (Å²) >= 11 is 0. The minimum atomic E-state index is 0.178. The molecule has 0 bridgehead atoms. The van der Waals surface area contributed by atoms with Crippen molar-refractivity contribution in [2.75, 3.05) is 18.4 Å². The summed E-state index contributed by atoms with van der Waals surface area (Å²) in [6, 6.07) is 6.28. The first-order valence-corrected chi connectivity index (χ1v) is 7.32. The fraction of sp³-hybridized carbons (Fsp3) is 0.562. The first kappa shape index (κ1) is 13.9. The molecule has 104 valence electrons. The van der Waals surface area contributed by atoms with E-state index in [0.717, 1.165) is 43.6 Å². The number of nitrogens with zero attached hydrogens (tertiary/aromatic N) is 1. The maximum atomic E-state index is 12.7. The zero-order valence-electron chi connectivity index (χ0n) is 12.2. The zero-order valence-corrected chi connectivity index (χ0v) is 12.2. The van der Waals surface area contributed by atoms with Crippen molar-refractivity contribution in [1.29, 1.82) is 0 Å². The Morgan fingerprint density at radius 3 is 2.89 bits per heavy atom. The molecule has 3 nitrogen and oxygen atoms in total. The highest BCUT2D eigenvalue weighted by atomic mass is 16.2. The highest BCUT2D eigenvalue weighted by Crippen LogP contribution is 2.26. The van der Waals surface area contributed by atoms with Crippen LogP contribution in [-0.2, 0) is 6.42 Å². The molecule has 19 heavy (non-hydrogen) atoms. The predicted molar refractivity (Wildman–Crippen MR) is 79.7 cm³/mol. The third-order valence-electron chi connectivity index (χ3n) is 3.67. The number of hydrogen-bond acceptors (Lipinski definition) is 2. The molecule has 0 aliphatic carbocycles. The van der Waals surface area contributed by atoms with Crippen molar-refractivity contribution in [2.45, 2.75) is 46.1 Å². The normalized spacial score (nSPS) is 13.9. The van der Waals surface area contributed by atoms with Crippen LogP contribution in [0.25, 0.3) is 0 Å². The molecule has 0 saturated carbocycles. The van der Waals surface area contributed by atoms with Crippen molar-refractivity contribution in [3.05, 3.63) is 29.3 Å². The van der Waals surface area contributed by atoms with Crippen LogP contribution in [-0.4, -0.2) is 29.9 Å². The number of nitrogens with one attached hydrogen (secondary N) is 1. The Labute approximate surface area is 116 Å². The molecular weight excluding hydrogens is 236 g/mol. The van der Waals surface area contributed by atoms with Gasteiger partial charge in [-0.05, 0) is 50.8 Å². The van der Waals surface area contributed by atoms with Gasteiger partial charge in [0.25, 0.3) is 5.91 Å². The molecule has 1 aliphatic rings. The first-order valence-electron chi connectivity index (χ1n) is 7.32. The second-order valence-corrected chi connectivity index (χ2v) is 5.45. The molecule has 1 N–H and O–H groups in total. The van der Waals surface area contributed by atoms with Crippen LogP contribution in [0.3, 0.4) is 0 Å². The van der Waals surface area contributed by atoms with E-state index in [1.54, 1.807) is 0 Å². The molecule has 1 heterocycles. The molecule has 0 spiro atoms. The van der Waals surface area contributed by atoms with Gasteiger partial charge in [-0.1, -0.05) is 13.0 Å². The van der Waals surface area contributed by atoms with Crippen molar-refractivity contribution in [1.82, 2.24) is 4.90 Å². The average Bonchev–Trinajstić information content (AvgIpc) is 2.43. The molecular formula is C16H24N2O. The van der Waals surface area contributed by atoms with Gasteiger partial charge in [-0.15, -0.1) is 0 Å². The summed E-state index contributed by atoms with van der Waals surface area (Å²) in [6.45, 7) is 8.12. The van der Waals surface area contributed by atoms with Gasteiger partial charge < -0.3 is 10.2 Å². The first-order chi connectivity index (χ1) is 9.15. The fourth-order valence-electron chi connectivity index (χ4n) is 2.70. The Morgan fingerprint density at radius 1 is 1.42 bits per heavy atom. The van der Waals surface area contributed by atoms with Crippen LogP contribution >= 0.6 is 0 Å². The van der Waals surface area contributed by atoms with Crippen LogP contribution in [0.1, 0.15) is 49.5 Å². The minimum Gasteiger partial charge on any atom is -0.385 e. The number of anilines is 1. The number of benzene rings is 1. The predicted octanol–water partition coefficient (Wildman–Crippen LogP) is 3.31. The summed E-state index contributed by atoms with van der Waals surface area (Å²) in [5, 5.41) is 3.39. The highest BCUT2D eigenvalue weighted by Gasteiger charge is 2.22. The molecule has 2 rings (SSSR count). The largest absolute Gasteiger partial charge is 0.385 e. The summed E-state index contributed by atoms with van der Waals surface area (Å²) in [7, 11) is 0. The van der Waals surface area contributed by atoms with Gasteiger partial charge in [-0.2, -0.15) is 0 Å². The van der Waals surface area contributed by atoms with Gasteiger partial charge in [0.2, 0.25) is 0 Å². The lowest BCUT2D eigenvalue weighted by molar-refractivity contribution is 0.0705. The lowest BCUT2D eigenvalue weighted by Crippen LogP contribution is -2.38. The lowest BCUT2D eigenvalue weighted by Gasteiger charge is -2.29. The molecule has 1 aliphatic heterocycles. The van der Waals surface area contributed by atoms with Crippen LogP contribution in [0.2, 0.25) is 0 Å². The van der Waals surface area contributed by atoms with Crippen LogP contribution in [0.5, 0.6) is 0 Å². The SMILES string of the molecule is CCCN(C(=O)c1cccc2c1CCCN2)C(C)C. The molecule has 0 unspecified atom stereocenters. The average molecular weight is 260 g/mol. The topological polar surface area (TPSA) is 32.3 Å². The molecule has 0 atom stereocenters. The van der Waals surface area contributed by atoms with E-state index in [0.29, 0.717) is 0 Å². The molecule has 1 amide bonds. The van der Waals surface area contributed by atoms with Crippen LogP contribution in [0, 0.1) is 0 Å². The quantitative estimate of drug-likeness (QED) is 0.901. The molecule has 1 aromatic carbocycles. The van der Waals surface area contributed by atoms with E-state index in [2.05, 4.69) is 32.2 Å². The van der Waals surface area contributed by atoms with E-state index in [-0.39, 0.29) is 11.9 Å². The summed E-state index contributed by atoms with van der Waals surface area (Å²) in [5.74, 6) is 0.178. The zero-order chi connectivity index (χ0) is 13.8. The Bertz CT molecular complexity index is 454. The minimum absolute atomic E-state index is 0.178. The van der Waals surface area contributed by atoms with Crippen molar-refractivity contribution in [2.24, 2.45) is 0 Å². The molecule has 0 saturated heterocycles. The van der Waals surface area contributed by atoms with E-state index in [1.807, 2.05) is 17.0 Å². The Balaban J connectivity index is 2.32. The fourth-order valence-corrected chi connectivity index (χ4v) is 2.70. The number of carbonyl (C=O) groups excluding carboxylic acids is 1. The van der Waals surface area contributed by atoms with Gasteiger partial charge in [0.1, 0.15) is 0 Å². The number of fused-ring (bicyclic) bond motifs is 1. The summed E-state index contributed by atoms with van der Waals surface area (Å²) in [4.78, 5) is 14.7. The third-order valence-corrected chi connectivity index (χ3v) is 3.67. The number of carbonyl (C=O) groups is 1. The number of hydrogen-bond donors (Lipinski definition) is 1. The maximum Gasteiger partial charge on any atom is 0.254 e. The lowest BCUT2D eigenvalue weighted by atomic mass is 9.96. The van der Waals surface area contributed by atoms with Crippen LogP contribution in [0.4, 0.5) is 5.69 Å². The van der Waals surface area contributed by atoms with Crippen molar-refractivity contribution < 1.29 is 4.79 Å². The molecule has 0 fully saturated rings. The summed E-state index contributed by atoms with van der Waals surface area (Å²) in [5.41, 5.74) is 3.21. The molecule has 1 aromatic rings. The van der Waals surface area contributed by atoms with Crippen LogP contribution < -0.4 is 5.32 Å². The van der Waals surface area contributed by atoms with Crippen molar-refractivity contribution >= 4 is 11.6 Å². The van der Waals surface area contributed by atoms with E-state index in [1.165, 1.54) is 5.56 Å². The second-order valence-electron chi connectivity index (χ2n) is 5.45. The van der Waals surface area contributed by atoms with E-state index in [4.69, 9.17) is 0 Å². The van der Waals surface area contributed by atoms with Gasteiger partial charge in [0.15, 0.2) is 0 Å². The third kappa shape index (κ3) is 2.91. The molecule has 0 radical (unpaired) electrons. The number of amides is 1. The van der Waals surface area contributed by atoms with E-state index in [9.17, 15) is 4.79 Å². The van der Waals surface area contributed by atoms with Gasteiger partial charge in [0.05, 0.1) is 0 Å². The van der Waals surface area contributed by atoms with Crippen LogP contribution in [0.15, 0.2) is 18.2 Å². The Morgan fingerprint density at radius 2 is 2.21 bits per heavy atom. The Hall–Kier alpha value is -1.51. The number of rotatable bonds is 4. The highest BCUT2D eigenvalue weighted by molar-refractivity contribution is 5.97. The smallest absolute Gasteiger partial charge is 0.254 e. The van der Waals surface area contributed by atoms with Gasteiger partial charge >= 0.3 is 0 Å². The molecule has 0 aromatic heterocycles. The van der Waals surface area contributed by atoms with Gasteiger partial charge in [-0.25, -0.2) is 0 Å². The van der Waals surface area contributed by atoms with Gasteiger partial charge in [-0.3, -0.25) is 4.79 Å². The second kappa shape index (κ2) is 6.09. The standard InChI is InChI=1S/C16H24N2O/c1-4-11-18(12(2)3)16(19)14-7-5-9-15-13(14)8-6-10-17-15/h5,7,9,12,17H,4,6,8,10-11H2,1-3H3. The van der Waals surface area contributed by atoms with Crippen molar-refractivity contribution in [3.8, 4) is 0 Å². The summed E-state index contributed by atoms with van der Waals surface area (Å²) < 4.78 is 0. The summed E-state index contributed by atoms with van der Waals surface area (Å²) in [6.07, 6.45) is 3.10. The van der Waals surface area contributed by atoms with E-state index >= 15 is 0 Å². The Kier molecular flexibility index (Phi) is 4.46. The monoisotopic (exact) mass is 260 g/mol. The molecule has 3 heteroatoms. The van der Waals surface area contributed by atoms with Gasteiger partial charge in [0, 0.05) is 30.4 Å². The van der Waals surface area contributed by atoms with Crippen molar-refractivity contribution in [3.63, 3.8) is 0 Å². The maximum absolute atomic E-state index is 12.7.